The number of nitrogens with zero attached hydrogens (tertiary/aromatic N) is 2. The Morgan fingerprint density at radius 3 is 1.57 bits per heavy atom. The van der Waals surface area contributed by atoms with Gasteiger partial charge in [-0.25, -0.2) is 4.98 Å². The Morgan fingerprint density at radius 1 is 0.660 bits per heavy atom. The summed E-state index contributed by atoms with van der Waals surface area (Å²) in [6.45, 7) is 15.3. The van der Waals surface area contributed by atoms with E-state index in [-0.39, 0.29) is 23.7 Å². The first-order valence-electron chi connectivity index (χ1n) is 17.1. The van der Waals surface area contributed by atoms with Crippen molar-refractivity contribution < 1.29 is 9.31 Å². The average Bonchev–Trinajstić information content (AvgIpc) is 3.57. The number of hydrogen-bond donors (Lipinski definition) is 0. The van der Waals surface area contributed by atoms with E-state index in [9.17, 15) is 0 Å². The molecule has 0 N–H and O–H groups in total. The molecule has 0 spiro atoms. The summed E-state index contributed by atoms with van der Waals surface area (Å²) in [4.78, 5) is 5.44. The van der Waals surface area contributed by atoms with E-state index in [2.05, 4.69) is 174 Å². The summed E-state index contributed by atoms with van der Waals surface area (Å²) in [6, 6.07) is 41.5. The third kappa shape index (κ3) is 6.49. The molecular formula is C42H49BN2O2. The normalized spacial score (nSPS) is 16.0. The number of benzene rings is 4. The number of aryl methyl sites for hydroxylation is 2. The van der Waals surface area contributed by atoms with E-state index in [0.29, 0.717) is 0 Å². The lowest BCUT2D eigenvalue weighted by atomic mass is 9.76. The number of aromatic nitrogens is 2. The van der Waals surface area contributed by atoms with Crippen LogP contribution in [0.25, 0.3) is 0 Å². The molecule has 0 aliphatic carbocycles. The lowest BCUT2D eigenvalue weighted by Gasteiger charge is -2.38. The molecule has 1 fully saturated rings. The third-order valence-electron chi connectivity index (χ3n) is 10.5. The van der Waals surface area contributed by atoms with Gasteiger partial charge in [-0.15, -0.1) is 0 Å². The molecule has 1 saturated heterocycles. The fraction of sp³-hybridized carbons (Fsp3) is 0.357. The van der Waals surface area contributed by atoms with E-state index >= 15 is 0 Å². The van der Waals surface area contributed by atoms with Crippen LogP contribution in [0.2, 0.25) is 0 Å². The zero-order valence-electron chi connectivity index (χ0n) is 29.2. The van der Waals surface area contributed by atoms with Gasteiger partial charge < -0.3 is 13.9 Å². The van der Waals surface area contributed by atoms with Crippen molar-refractivity contribution in [2.75, 3.05) is 0 Å². The highest BCUT2D eigenvalue weighted by molar-refractivity contribution is 6.62. The second-order valence-electron chi connectivity index (χ2n) is 14.9. The van der Waals surface area contributed by atoms with Gasteiger partial charge in [0.25, 0.3) is 0 Å². The first-order chi connectivity index (χ1) is 22.4. The Kier molecular flexibility index (Phi) is 9.08. The van der Waals surface area contributed by atoms with Gasteiger partial charge in [-0.05, 0) is 73.7 Å². The molecule has 5 aromatic rings. The smallest absolute Gasteiger partial charge is 0.399 e. The topological polar surface area (TPSA) is 36.3 Å². The summed E-state index contributed by atoms with van der Waals surface area (Å²) in [6.07, 6.45) is 6.01. The van der Waals surface area contributed by atoms with Crippen LogP contribution < -0.4 is 5.46 Å². The largest absolute Gasteiger partial charge is 0.494 e. The van der Waals surface area contributed by atoms with Gasteiger partial charge >= 0.3 is 7.12 Å². The zero-order valence-corrected chi connectivity index (χ0v) is 29.2. The third-order valence-corrected chi connectivity index (χ3v) is 10.5. The molecule has 5 heteroatoms. The molecule has 0 unspecified atom stereocenters. The predicted octanol–water partition coefficient (Wildman–Crippen LogP) is 8.79. The molecule has 4 nitrogen and oxygen atoms in total. The second-order valence-corrected chi connectivity index (χ2v) is 14.9. The average molecular weight is 625 g/mol. The van der Waals surface area contributed by atoms with Gasteiger partial charge in [0, 0.05) is 12.6 Å². The molecule has 1 aliphatic heterocycles. The molecule has 6 rings (SSSR count). The van der Waals surface area contributed by atoms with E-state index in [4.69, 9.17) is 14.3 Å². The fourth-order valence-electron chi connectivity index (χ4n) is 6.67. The standard InChI is InChI=1S/C42H49BN2O2/c1-8-39(2,3)30-37-31-45(38(44-37)29-26-32-24-27-36(28-25-32)43-46-40(4,5)41(6,7)47-43)42(33-18-12-9-13-19-33,34-20-14-10-15-21-34)35-22-16-11-17-23-35/h9-25,27-28,31H,8,26,29-30H2,1-7H3. The number of rotatable bonds is 11. The van der Waals surface area contributed by atoms with Crippen LogP contribution in [0.15, 0.2) is 121 Å². The summed E-state index contributed by atoms with van der Waals surface area (Å²) in [7, 11) is -0.360. The summed E-state index contributed by atoms with van der Waals surface area (Å²) >= 11 is 0. The highest BCUT2D eigenvalue weighted by atomic mass is 16.7. The summed E-state index contributed by atoms with van der Waals surface area (Å²) < 4.78 is 15.1. The molecule has 47 heavy (non-hydrogen) atoms. The van der Waals surface area contributed by atoms with Gasteiger partial charge in [0.05, 0.1) is 16.9 Å². The van der Waals surface area contributed by atoms with Crippen molar-refractivity contribution in [3.63, 3.8) is 0 Å². The Morgan fingerprint density at radius 2 is 1.13 bits per heavy atom. The minimum Gasteiger partial charge on any atom is -0.399 e. The molecule has 242 valence electrons. The van der Waals surface area contributed by atoms with Crippen LogP contribution in [0.3, 0.4) is 0 Å². The van der Waals surface area contributed by atoms with E-state index in [0.717, 1.165) is 42.7 Å². The van der Waals surface area contributed by atoms with Gasteiger partial charge in [0.15, 0.2) is 0 Å². The van der Waals surface area contributed by atoms with Gasteiger partial charge in [0.1, 0.15) is 11.4 Å². The van der Waals surface area contributed by atoms with Crippen LogP contribution in [-0.2, 0) is 34.1 Å². The predicted molar refractivity (Wildman–Crippen MR) is 194 cm³/mol. The molecule has 4 aromatic carbocycles. The van der Waals surface area contributed by atoms with Crippen molar-refractivity contribution in [1.82, 2.24) is 9.55 Å². The first-order valence-corrected chi connectivity index (χ1v) is 17.1. The fourth-order valence-corrected chi connectivity index (χ4v) is 6.67. The van der Waals surface area contributed by atoms with Gasteiger partial charge in [-0.1, -0.05) is 142 Å². The zero-order chi connectivity index (χ0) is 33.3. The molecule has 0 amide bonds. The maximum absolute atomic E-state index is 6.31. The molecule has 0 radical (unpaired) electrons. The SMILES string of the molecule is CCC(C)(C)Cc1cn(C(c2ccccc2)(c2ccccc2)c2ccccc2)c(CCc2ccc(B3OC(C)(C)C(C)(C)O3)cc2)n1. The van der Waals surface area contributed by atoms with Crippen molar-refractivity contribution in [2.45, 2.75) is 90.9 Å². The monoisotopic (exact) mass is 624 g/mol. The van der Waals surface area contributed by atoms with Crippen molar-refractivity contribution >= 4 is 12.6 Å². The van der Waals surface area contributed by atoms with E-state index in [1.165, 1.54) is 22.3 Å². The quantitative estimate of drug-likeness (QED) is 0.109. The minimum absolute atomic E-state index is 0.148. The van der Waals surface area contributed by atoms with Crippen LogP contribution >= 0.6 is 0 Å². The summed E-state index contributed by atoms with van der Waals surface area (Å²) in [5.41, 5.74) is 5.91. The van der Waals surface area contributed by atoms with Crippen LogP contribution in [0.1, 0.15) is 88.7 Å². The van der Waals surface area contributed by atoms with Crippen LogP contribution in [0.5, 0.6) is 0 Å². The highest BCUT2D eigenvalue weighted by Crippen LogP contribution is 2.42. The Hall–Kier alpha value is -3.93. The lowest BCUT2D eigenvalue weighted by Crippen LogP contribution is -2.41. The van der Waals surface area contributed by atoms with Crippen molar-refractivity contribution in [2.24, 2.45) is 5.41 Å². The lowest BCUT2D eigenvalue weighted by molar-refractivity contribution is 0.00578. The van der Waals surface area contributed by atoms with E-state index < -0.39 is 5.54 Å². The number of hydrogen-bond acceptors (Lipinski definition) is 3. The van der Waals surface area contributed by atoms with Crippen LogP contribution in [0, 0.1) is 5.41 Å². The van der Waals surface area contributed by atoms with Crippen molar-refractivity contribution in [3.05, 3.63) is 155 Å². The molecule has 1 aromatic heterocycles. The Balaban J connectivity index is 1.43. The van der Waals surface area contributed by atoms with E-state index in [1.807, 2.05) is 0 Å². The first kappa shape index (κ1) is 33.0. The Bertz CT molecular complexity index is 1650. The van der Waals surface area contributed by atoms with Gasteiger partial charge in [-0.3, -0.25) is 0 Å². The summed E-state index contributed by atoms with van der Waals surface area (Å²) in [5, 5.41) is 0. The molecule has 0 saturated carbocycles. The molecular weight excluding hydrogens is 575 g/mol. The minimum atomic E-state index is -0.596. The maximum atomic E-state index is 6.31. The highest BCUT2D eigenvalue weighted by Gasteiger charge is 2.51. The molecule has 0 atom stereocenters. The molecule has 1 aliphatic rings. The molecule has 0 bridgehead atoms. The second kappa shape index (κ2) is 12.9. The van der Waals surface area contributed by atoms with Crippen molar-refractivity contribution in [3.8, 4) is 0 Å². The van der Waals surface area contributed by atoms with Gasteiger partial charge in [0.2, 0.25) is 0 Å². The van der Waals surface area contributed by atoms with Crippen LogP contribution in [-0.4, -0.2) is 27.9 Å². The van der Waals surface area contributed by atoms with E-state index in [1.54, 1.807) is 0 Å². The Labute approximate surface area is 282 Å². The van der Waals surface area contributed by atoms with Crippen LogP contribution in [0.4, 0.5) is 0 Å². The van der Waals surface area contributed by atoms with Gasteiger partial charge in [-0.2, -0.15) is 0 Å². The molecule has 2 heterocycles. The number of imidazole rings is 1. The van der Waals surface area contributed by atoms with Crippen molar-refractivity contribution in [1.29, 1.82) is 0 Å². The maximum Gasteiger partial charge on any atom is 0.494 e. The summed E-state index contributed by atoms with van der Waals surface area (Å²) in [5.74, 6) is 1.08.